The van der Waals surface area contributed by atoms with Gasteiger partial charge in [-0.15, -0.1) is 0 Å². The minimum Gasteiger partial charge on any atom is -0.493 e. The van der Waals surface area contributed by atoms with Crippen molar-refractivity contribution in [3.05, 3.63) is 82.2 Å². The summed E-state index contributed by atoms with van der Waals surface area (Å²) in [6.07, 6.45) is 2.52. The van der Waals surface area contributed by atoms with E-state index in [0.717, 1.165) is 40.9 Å². The Morgan fingerprint density at radius 2 is 1.39 bits per heavy atom. The summed E-state index contributed by atoms with van der Waals surface area (Å²) >= 11 is 0. The van der Waals surface area contributed by atoms with Crippen molar-refractivity contribution in [3.63, 3.8) is 0 Å². The Labute approximate surface area is 226 Å². The van der Waals surface area contributed by atoms with Crippen LogP contribution in [0.4, 0.5) is 0 Å². The van der Waals surface area contributed by atoms with Crippen LogP contribution in [0.15, 0.2) is 71.1 Å². The molecule has 5 nitrogen and oxygen atoms in total. The van der Waals surface area contributed by atoms with Gasteiger partial charge in [0.05, 0.1) is 13.7 Å². The van der Waals surface area contributed by atoms with Crippen LogP contribution >= 0.6 is 0 Å². The lowest BCUT2D eigenvalue weighted by Crippen LogP contribution is -2.44. The molecular formula is C33H39NO4. The van der Waals surface area contributed by atoms with Crippen molar-refractivity contribution in [2.45, 2.75) is 72.8 Å². The van der Waals surface area contributed by atoms with Crippen molar-refractivity contribution < 1.29 is 19.1 Å². The summed E-state index contributed by atoms with van der Waals surface area (Å²) in [5.74, 6) is 1.15. The predicted octanol–water partition coefficient (Wildman–Crippen LogP) is 6.98. The largest absolute Gasteiger partial charge is 0.493 e. The molecule has 1 aliphatic heterocycles. The summed E-state index contributed by atoms with van der Waals surface area (Å²) in [5, 5.41) is 0. The third-order valence-corrected chi connectivity index (χ3v) is 8.03. The van der Waals surface area contributed by atoms with Crippen molar-refractivity contribution in [1.82, 2.24) is 4.90 Å². The number of methoxy groups -OCH3 is 1. The van der Waals surface area contributed by atoms with Gasteiger partial charge < -0.3 is 14.4 Å². The quantitative estimate of drug-likeness (QED) is 0.417. The number of ether oxygens (including phenoxy) is 2. The Kier molecular flexibility index (Phi) is 6.75. The van der Waals surface area contributed by atoms with E-state index in [9.17, 15) is 9.59 Å². The Balaban J connectivity index is 1.75. The van der Waals surface area contributed by atoms with Gasteiger partial charge in [0.15, 0.2) is 23.1 Å². The highest BCUT2D eigenvalue weighted by atomic mass is 16.5. The van der Waals surface area contributed by atoms with E-state index in [4.69, 9.17) is 9.47 Å². The number of ketones is 2. The maximum Gasteiger partial charge on any atom is 0.162 e. The number of benzene rings is 2. The summed E-state index contributed by atoms with van der Waals surface area (Å²) in [4.78, 5) is 30.3. The van der Waals surface area contributed by atoms with Crippen LogP contribution in [0, 0.1) is 10.8 Å². The van der Waals surface area contributed by atoms with Crippen molar-refractivity contribution >= 4 is 11.6 Å². The van der Waals surface area contributed by atoms with E-state index in [2.05, 4.69) is 44.7 Å². The van der Waals surface area contributed by atoms with Gasteiger partial charge in [0, 0.05) is 47.8 Å². The third-order valence-electron chi connectivity index (χ3n) is 8.03. The molecule has 0 N–H and O–H groups in total. The number of hydrogen-bond donors (Lipinski definition) is 0. The average Bonchev–Trinajstić information content (AvgIpc) is 2.84. The second-order valence-electron chi connectivity index (χ2n) is 12.5. The molecule has 5 heteroatoms. The fraction of sp³-hybridized carbons (Fsp3) is 0.455. The van der Waals surface area contributed by atoms with E-state index in [0.29, 0.717) is 37.5 Å². The first kappa shape index (κ1) is 26.3. The zero-order chi connectivity index (χ0) is 27.2. The van der Waals surface area contributed by atoms with Gasteiger partial charge in [0.2, 0.25) is 0 Å². The lowest BCUT2D eigenvalue weighted by molar-refractivity contribution is -0.119. The standard InChI is InChI=1S/C33H39NO4/c1-7-38-27-14-13-22(15-28(27)37-6)29-30-23(16-32(2,3)18-25(30)35)34(20-21-11-9-8-10-12-21)24-17-33(4,5)19-26(36)31(24)29/h8-15,29H,7,16-20H2,1-6H3. The first-order chi connectivity index (χ1) is 18.0. The van der Waals surface area contributed by atoms with E-state index in [1.807, 2.05) is 43.3 Å². The number of carbonyl (C=O) groups is 2. The van der Waals surface area contributed by atoms with Crippen LogP contribution in [0.2, 0.25) is 0 Å². The topological polar surface area (TPSA) is 55.8 Å². The monoisotopic (exact) mass is 513 g/mol. The molecule has 0 bridgehead atoms. The molecule has 2 aromatic rings. The smallest absolute Gasteiger partial charge is 0.162 e. The molecular weight excluding hydrogens is 474 g/mol. The van der Waals surface area contributed by atoms with E-state index in [1.165, 1.54) is 5.56 Å². The minimum atomic E-state index is -0.399. The first-order valence-electron chi connectivity index (χ1n) is 13.7. The zero-order valence-electron chi connectivity index (χ0n) is 23.5. The van der Waals surface area contributed by atoms with Crippen LogP contribution in [-0.2, 0) is 16.1 Å². The molecule has 0 unspecified atom stereocenters. The molecule has 5 rings (SSSR count). The molecule has 0 saturated heterocycles. The first-order valence-corrected chi connectivity index (χ1v) is 13.7. The lowest BCUT2D eigenvalue weighted by Gasteiger charge is -2.49. The molecule has 1 heterocycles. The maximum absolute atomic E-state index is 14.0. The number of carbonyl (C=O) groups excluding carboxylic acids is 2. The van der Waals surface area contributed by atoms with E-state index in [1.54, 1.807) is 7.11 Å². The molecule has 0 spiro atoms. The number of hydrogen-bond acceptors (Lipinski definition) is 5. The molecule has 0 atom stereocenters. The van der Waals surface area contributed by atoms with Crippen LogP contribution < -0.4 is 9.47 Å². The molecule has 3 aliphatic rings. The SMILES string of the molecule is CCOc1ccc(C2C3=C(CC(C)(C)CC3=O)N(Cc3ccccc3)C3=C2C(=O)CC(C)(C)C3)cc1OC. The van der Waals surface area contributed by atoms with Gasteiger partial charge >= 0.3 is 0 Å². The molecule has 200 valence electrons. The second-order valence-corrected chi connectivity index (χ2v) is 12.5. The lowest BCUT2D eigenvalue weighted by atomic mass is 9.63. The summed E-state index contributed by atoms with van der Waals surface area (Å²) in [7, 11) is 1.63. The molecule has 0 saturated carbocycles. The highest BCUT2D eigenvalue weighted by Gasteiger charge is 2.49. The fourth-order valence-electron chi connectivity index (χ4n) is 6.48. The van der Waals surface area contributed by atoms with Crippen molar-refractivity contribution in [2.24, 2.45) is 10.8 Å². The molecule has 0 aromatic heterocycles. The van der Waals surface area contributed by atoms with Crippen molar-refractivity contribution in [3.8, 4) is 11.5 Å². The minimum absolute atomic E-state index is 0.136. The Hall–Kier alpha value is -3.34. The second kappa shape index (κ2) is 9.76. The van der Waals surface area contributed by atoms with Crippen LogP contribution in [0.1, 0.15) is 77.3 Å². The van der Waals surface area contributed by atoms with Gasteiger partial charge in [-0.25, -0.2) is 0 Å². The fourth-order valence-corrected chi connectivity index (χ4v) is 6.48. The number of rotatable bonds is 6. The van der Waals surface area contributed by atoms with Gasteiger partial charge in [-0.1, -0.05) is 64.1 Å². The van der Waals surface area contributed by atoms with Crippen molar-refractivity contribution in [1.29, 1.82) is 0 Å². The Morgan fingerprint density at radius 3 is 1.92 bits per heavy atom. The zero-order valence-corrected chi connectivity index (χ0v) is 23.5. The van der Waals surface area contributed by atoms with E-state index in [-0.39, 0.29) is 22.4 Å². The van der Waals surface area contributed by atoms with Gasteiger partial charge in [-0.3, -0.25) is 9.59 Å². The number of allylic oxidation sites excluding steroid dienone is 4. The summed E-state index contributed by atoms with van der Waals surface area (Å²) in [6.45, 7) is 11.8. The normalized spacial score (nSPS) is 20.8. The summed E-state index contributed by atoms with van der Waals surface area (Å²) in [5.41, 5.74) is 5.45. The summed E-state index contributed by atoms with van der Waals surface area (Å²) < 4.78 is 11.5. The van der Waals surface area contributed by atoms with E-state index < -0.39 is 5.92 Å². The van der Waals surface area contributed by atoms with Gasteiger partial charge in [0.1, 0.15) is 0 Å². The van der Waals surface area contributed by atoms with Gasteiger partial charge in [0.25, 0.3) is 0 Å². The molecule has 0 fully saturated rings. The highest BCUT2D eigenvalue weighted by molar-refractivity contribution is 6.06. The molecule has 2 aromatic carbocycles. The number of Topliss-reactive ketones (excluding diaryl/α,β-unsaturated/α-hetero) is 2. The number of nitrogens with zero attached hydrogens (tertiary/aromatic N) is 1. The predicted molar refractivity (Wildman–Crippen MR) is 149 cm³/mol. The Morgan fingerprint density at radius 1 is 0.816 bits per heavy atom. The van der Waals surface area contributed by atoms with Gasteiger partial charge in [-0.2, -0.15) is 0 Å². The highest BCUT2D eigenvalue weighted by Crippen LogP contribution is 2.55. The Bertz CT molecular complexity index is 1280. The maximum atomic E-state index is 14.0. The van der Waals surface area contributed by atoms with Crippen LogP contribution in [0.25, 0.3) is 0 Å². The molecule has 38 heavy (non-hydrogen) atoms. The van der Waals surface area contributed by atoms with Crippen LogP contribution in [0.3, 0.4) is 0 Å². The molecule has 0 radical (unpaired) electrons. The average molecular weight is 514 g/mol. The third kappa shape index (κ3) is 4.79. The van der Waals surface area contributed by atoms with E-state index >= 15 is 0 Å². The van der Waals surface area contributed by atoms with Crippen LogP contribution in [0.5, 0.6) is 11.5 Å². The van der Waals surface area contributed by atoms with Crippen molar-refractivity contribution in [2.75, 3.05) is 13.7 Å². The molecule has 2 aliphatic carbocycles. The summed E-state index contributed by atoms with van der Waals surface area (Å²) in [6, 6.07) is 16.2. The van der Waals surface area contributed by atoms with Crippen LogP contribution in [-0.4, -0.2) is 30.2 Å². The van der Waals surface area contributed by atoms with Gasteiger partial charge in [-0.05, 0) is 53.9 Å². The molecule has 0 amide bonds.